The Morgan fingerprint density at radius 1 is 1.20 bits per heavy atom. The third-order valence-corrected chi connectivity index (χ3v) is 6.50. The molecule has 6 rings (SSSR count). The molecule has 0 aliphatic carbocycles. The van der Waals surface area contributed by atoms with E-state index in [0.717, 1.165) is 16.5 Å². The van der Waals surface area contributed by atoms with Crippen LogP contribution >= 0.6 is 0 Å². The molecule has 8 nitrogen and oxygen atoms in total. The molecule has 30 heavy (non-hydrogen) atoms. The number of rotatable bonds is 1. The summed E-state index contributed by atoms with van der Waals surface area (Å²) in [5, 5.41) is 21.9. The molecule has 3 aliphatic rings. The maximum Gasteiger partial charge on any atom is 0.343 e. The van der Waals surface area contributed by atoms with Gasteiger partial charge in [0.05, 0.1) is 35.6 Å². The first-order chi connectivity index (χ1) is 14.4. The lowest BCUT2D eigenvalue weighted by atomic mass is 9.86. The molecule has 0 saturated heterocycles. The van der Waals surface area contributed by atoms with Gasteiger partial charge in [0.25, 0.3) is 5.56 Å². The number of fused-ring (bicyclic) bond motifs is 5. The molecule has 3 aliphatic heterocycles. The minimum atomic E-state index is -1.84. The zero-order chi connectivity index (χ0) is 20.8. The van der Waals surface area contributed by atoms with Crippen molar-refractivity contribution in [1.82, 2.24) is 9.55 Å². The van der Waals surface area contributed by atoms with E-state index in [1.807, 2.05) is 0 Å². The zero-order valence-electron chi connectivity index (χ0n) is 16.2. The lowest BCUT2D eigenvalue weighted by Gasteiger charge is -2.31. The number of nitrogens with zero attached hydrogens (tertiary/aromatic N) is 2. The summed E-state index contributed by atoms with van der Waals surface area (Å²) < 4.78 is 12.4. The van der Waals surface area contributed by atoms with Gasteiger partial charge in [0.15, 0.2) is 17.1 Å². The van der Waals surface area contributed by atoms with Crippen LogP contribution in [0.2, 0.25) is 0 Å². The average Bonchev–Trinajstić information content (AvgIpc) is 3.13. The molecule has 0 saturated carbocycles. The molecule has 8 heteroatoms. The van der Waals surface area contributed by atoms with E-state index >= 15 is 0 Å². The summed E-state index contributed by atoms with van der Waals surface area (Å²) in [5.74, 6) is -0.248. The quantitative estimate of drug-likeness (QED) is 0.463. The Bertz CT molecular complexity index is 1360. The number of esters is 1. The summed E-state index contributed by atoms with van der Waals surface area (Å²) >= 11 is 0. The summed E-state index contributed by atoms with van der Waals surface area (Å²) in [7, 11) is 0. The fourth-order valence-electron chi connectivity index (χ4n) is 4.90. The number of aromatic hydroxyl groups is 1. The highest BCUT2D eigenvalue weighted by Gasteiger charge is 2.45. The second-order valence-corrected chi connectivity index (χ2v) is 7.93. The van der Waals surface area contributed by atoms with Gasteiger partial charge in [-0.15, -0.1) is 0 Å². The first-order valence-electron chi connectivity index (χ1n) is 9.91. The second-order valence-electron chi connectivity index (χ2n) is 7.93. The Hall–Kier alpha value is -3.39. The van der Waals surface area contributed by atoms with Gasteiger partial charge in [-0.25, -0.2) is 9.78 Å². The minimum absolute atomic E-state index is 0.0667. The standard InChI is InChI=1S/C22H18N2O6/c1-2-22(28)13-7-15-18-11(8-24(15)20(26)12(13)9-30-21(22)27)10-5-6-29-19-16(25)4-3-14(23-18)17(10)19/h3-4,7,25,28H,2,5-6,8-9H2,1H3/t22-/m1/s1. The fraction of sp³-hybridized carbons (Fsp3) is 0.318. The Balaban J connectivity index is 1.68. The van der Waals surface area contributed by atoms with E-state index < -0.39 is 11.6 Å². The number of phenolic OH excluding ortho intramolecular Hbond substituents is 1. The number of pyridine rings is 2. The number of cyclic esters (lactones) is 1. The molecular formula is C22H18N2O6. The molecule has 3 aromatic rings. The summed E-state index contributed by atoms with van der Waals surface area (Å²) in [6, 6.07) is 4.98. The van der Waals surface area contributed by atoms with E-state index in [4.69, 9.17) is 14.5 Å². The SMILES string of the molecule is CC[C@]1(O)C(=O)OCc2c1cc1n(c2=O)Cc2c-1nc1ccc(O)c3c1c2CCO3. The van der Waals surface area contributed by atoms with Crippen LogP contribution in [0, 0.1) is 0 Å². The molecule has 0 radical (unpaired) electrons. The lowest BCUT2D eigenvalue weighted by molar-refractivity contribution is -0.172. The molecule has 2 N–H and O–H groups in total. The summed E-state index contributed by atoms with van der Waals surface area (Å²) in [5.41, 5.74) is 2.29. The van der Waals surface area contributed by atoms with Crippen LogP contribution in [0.5, 0.6) is 11.5 Å². The molecule has 0 bridgehead atoms. The van der Waals surface area contributed by atoms with Gasteiger partial charge in [0, 0.05) is 22.9 Å². The number of ether oxygens (including phenoxy) is 2. The van der Waals surface area contributed by atoms with Gasteiger partial charge in [0.1, 0.15) is 6.61 Å². The summed E-state index contributed by atoms with van der Waals surface area (Å²) in [4.78, 5) is 30.3. The van der Waals surface area contributed by atoms with E-state index in [1.54, 1.807) is 29.7 Å². The molecule has 0 amide bonds. The number of aromatic nitrogens is 2. The third-order valence-electron chi connectivity index (χ3n) is 6.50. The highest BCUT2D eigenvalue weighted by molar-refractivity contribution is 5.95. The smallest absolute Gasteiger partial charge is 0.343 e. The molecule has 0 spiro atoms. The van der Waals surface area contributed by atoms with E-state index in [-0.39, 0.29) is 24.3 Å². The highest BCUT2D eigenvalue weighted by Crippen LogP contribution is 2.45. The van der Waals surface area contributed by atoms with Crippen LogP contribution in [0.4, 0.5) is 0 Å². The number of carbonyl (C=O) groups is 1. The Labute approximate surface area is 170 Å². The molecule has 2 aromatic heterocycles. The molecule has 152 valence electrons. The second kappa shape index (κ2) is 5.60. The Morgan fingerprint density at radius 3 is 2.83 bits per heavy atom. The Morgan fingerprint density at radius 2 is 2.03 bits per heavy atom. The van der Waals surface area contributed by atoms with Gasteiger partial charge in [-0.1, -0.05) is 6.92 Å². The van der Waals surface area contributed by atoms with Crippen molar-refractivity contribution < 1.29 is 24.5 Å². The monoisotopic (exact) mass is 406 g/mol. The maximum atomic E-state index is 13.3. The normalized spacial score (nSPS) is 20.9. The number of carbonyl (C=O) groups excluding carboxylic acids is 1. The van der Waals surface area contributed by atoms with Crippen molar-refractivity contribution in [1.29, 1.82) is 0 Å². The summed E-state index contributed by atoms with van der Waals surface area (Å²) in [6.45, 7) is 2.29. The van der Waals surface area contributed by atoms with Gasteiger partial charge in [0.2, 0.25) is 0 Å². The van der Waals surface area contributed by atoms with Crippen molar-refractivity contribution in [3.05, 3.63) is 50.8 Å². The first kappa shape index (κ1) is 17.5. The molecule has 1 atom stereocenters. The fourth-order valence-corrected chi connectivity index (χ4v) is 4.90. The number of hydrogen-bond acceptors (Lipinski definition) is 7. The summed E-state index contributed by atoms with van der Waals surface area (Å²) in [6.07, 6.45) is 0.742. The maximum absolute atomic E-state index is 13.3. The van der Waals surface area contributed by atoms with Crippen molar-refractivity contribution >= 4 is 16.9 Å². The van der Waals surface area contributed by atoms with Crippen LogP contribution in [-0.4, -0.2) is 32.3 Å². The predicted molar refractivity (Wildman–Crippen MR) is 105 cm³/mol. The van der Waals surface area contributed by atoms with Crippen molar-refractivity contribution in [3.63, 3.8) is 0 Å². The topological polar surface area (TPSA) is 111 Å². The van der Waals surface area contributed by atoms with Crippen LogP contribution in [0.3, 0.4) is 0 Å². The number of phenols is 1. The molecule has 0 unspecified atom stereocenters. The molecule has 1 aromatic carbocycles. The number of hydrogen-bond donors (Lipinski definition) is 2. The van der Waals surface area contributed by atoms with Crippen molar-refractivity contribution in [2.24, 2.45) is 0 Å². The first-order valence-corrected chi connectivity index (χ1v) is 9.91. The van der Waals surface area contributed by atoms with Gasteiger partial charge in [-0.05, 0) is 30.2 Å². The zero-order valence-corrected chi connectivity index (χ0v) is 16.2. The van der Waals surface area contributed by atoms with Gasteiger partial charge >= 0.3 is 5.97 Å². The highest BCUT2D eigenvalue weighted by atomic mass is 16.6. The predicted octanol–water partition coefficient (Wildman–Crippen LogP) is 1.72. The lowest BCUT2D eigenvalue weighted by Crippen LogP contribution is -2.44. The van der Waals surface area contributed by atoms with Crippen LogP contribution in [0.15, 0.2) is 23.0 Å². The van der Waals surface area contributed by atoms with Gasteiger partial charge in [-0.2, -0.15) is 0 Å². The van der Waals surface area contributed by atoms with Crippen molar-refractivity contribution in [2.45, 2.75) is 38.5 Å². The largest absolute Gasteiger partial charge is 0.504 e. The van der Waals surface area contributed by atoms with Crippen LogP contribution in [-0.2, 0) is 34.7 Å². The van der Waals surface area contributed by atoms with Gasteiger partial charge < -0.3 is 24.3 Å². The molecule has 5 heterocycles. The van der Waals surface area contributed by atoms with Crippen molar-refractivity contribution in [2.75, 3.05) is 6.61 Å². The average molecular weight is 406 g/mol. The van der Waals surface area contributed by atoms with E-state index in [1.165, 1.54) is 0 Å². The van der Waals surface area contributed by atoms with Gasteiger partial charge in [-0.3, -0.25) is 4.79 Å². The molecular weight excluding hydrogens is 388 g/mol. The van der Waals surface area contributed by atoms with Crippen LogP contribution in [0.1, 0.15) is 35.6 Å². The van der Waals surface area contributed by atoms with E-state index in [2.05, 4.69) is 0 Å². The number of aliphatic hydroxyl groups is 1. The van der Waals surface area contributed by atoms with E-state index in [9.17, 15) is 19.8 Å². The Kier molecular flexibility index (Phi) is 3.26. The van der Waals surface area contributed by atoms with E-state index in [0.29, 0.717) is 53.4 Å². The van der Waals surface area contributed by atoms with Crippen molar-refractivity contribution in [3.8, 4) is 22.9 Å². The third kappa shape index (κ3) is 1.96. The number of benzene rings is 1. The molecule has 0 fully saturated rings. The minimum Gasteiger partial charge on any atom is -0.504 e. The van der Waals surface area contributed by atoms with Crippen LogP contribution in [0.25, 0.3) is 22.3 Å². The van der Waals surface area contributed by atoms with Crippen LogP contribution < -0.4 is 10.3 Å².